The largest absolute Gasteiger partial charge is 0.454 e. The number of esters is 2. The lowest BCUT2D eigenvalue weighted by molar-refractivity contribution is -0.143. The van der Waals surface area contributed by atoms with E-state index >= 15 is 0 Å². The Morgan fingerprint density at radius 3 is 2.60 bits per heavy atom. The van der Waals surface area contributed by atoms with Gasteiger partial charge in [-0.2, -0.15) is 0 Å². The van der Waals surface area contributed by atoms with Crippen molar-refractivity contribution in [1.29, 1.82) is 0 Å². The van der Waals surface area contributed by atoms with Crippen LogP contribution in [0.1, 0.15) is 41.0 Å². The molecular formula is C20H22O5. The second-order valence-electron chi connectivity index (χ2n) is 6.90. The Bertz CT molecular complexity index is 806. The summed E-state index contributed by atoms with van der Waals surface area (Å²) in [5.41, 5.74) is 4.09. The van der Waals surface area contributed by atoms with Crippen molar-refractivity contribution in [2.45, 2.75) is 53.2 Å². The molecule has 1 aliphatic heterocycles. The van der Waals surface area contributed by atoms with Crippen LogP contribution in [-0.4, -0.2) is 29.9 Å². The summed E-state index contributed by atoms with van der Waals surface area (Å²) in [5, 5.41) is 0. The molecule has 0 amide bonds. The maximum Gasteiger partial charge on any atom is 0.334 e. The normalized spacial score (nSPS) is 29.2. The summed E-state index contributed by atoms with van der Waals surface area (Å²) in [6.45, 7) is 8.90. The average Bonchev–Trinajstić information content (AvgIpc) is 2.96. The number of hydrogen-bond donors (Lipinski definition) is 0. The molecule has 3 atom stereocenters. The van der Waals surface area contributed by atoms with Crippen molar-refractivity contribution >= 4 is 17.7 Å². The topological polar surface area (TPSA) is 69.7 Å². The van der Waals surface area contributed by atoms with Crippen LogP contribution in [-0.2, 0) is 23.9 Å². The van der Waals surface area contributed by atoms with Gasteiger partial charge in [0.15, 0.2) is 5.78 Å². The summed E-state index contributed by atoms with van der Waals surface area (Å²) in [7, 11) is 0. The van der Waals surface area contributed by atoms with Gasteiger partial charge in [0.2, 0.25) is 0 Å². The zero-order valence-corrected chi connectivity index (χ0v) is 15.1. The van der Waals surface area contributed by atoms with Gasteiger partial charge in [-0.05, 0) is 40.7 Å². The molecule has 2 aliphatic carbocycles. The number of ketones is 1. The number of carbonyl (C=O) groups excluding carboxylic acids is 3. The summed E-state index contributed by atoms with van der Waals surface area (Å²) in [4.78, 5) is 36.9. The zero-order valence-electron chi connectivity index (χ0n) is 15.1. The van der Waals surface area contributed by atoms with E-state index in [1.54, 1.807) is 32.9 Å². The molecule has 0 saturated heterocycles. The average molecular weight is 342 g/mol. The molecule has 3 aliphatic rings. The minimum atomic E-state index is -0.599. The van der Waals surface area contributed by atoms with Crippen molar-refractivity contribution in [3.8, 4) is 0 Å². The minimum Gasteiger partial charge on any atom is -0.454 e. The Morgan fingerprint density at radius 2 is 1.96 bits per heavy atom. The monoisotopic (exact) mass is 342 g/mol. The van der Waals surface area contributed by atoms with Crippen LogP contribution in [0.4, 0.5) is 0 Å². The summed E-state index contributed by atoms with van der Waals surface area (Å²) in [6.07, 6.45) is 2.51. The van der Waals surface area contributed by atoms with E-state index in [1.807, 2.05) is 13.8 Å². The van der Waals surface area contributed by atoms with E-state index in [4.69, 9.17) is 9.47 Å². The van der Waals surface area contributed by atoms with Crippen molar-refractivity contribution in [2.24, 2.45) is 5.92 Å². The highest BCUT2D eigenvalue weighted by Gasteiger charge is 2.49. The third kappa shape index (κ3) is 2.68. The van der Waals surface area contributed by atoms with Crippen LogP contribution in [0.15, 0.2) is 45.6 Å². The predicted octanol–water partition coefficient (Wildman–Crippen LogP) is 2.97. The van der Waals surface area contributed by atoms with Gasteiger partial charge in [0.05, 0.1) is 5.92 Å². The first-order valence-corrected chi connectivity index (χ1v) is 8.44. The highest BCUT2D eigenvalue weighted by molar-refractivity contribution is 6.09. The lowest BCUT2D eigenvalue weighted by atomic mass is 9.86. The Labute approximate surface area is 147 Å². The maximum atomic E-state index is 12.4. The Balaban J connectivity index is 2.08. The Kier molecular flexibility index (Phi) is 4.27. The molecule has 0 N–H and O–H groups in total. The van der Waals surface area contributed by atoms with E-state index in [0.29, 0.717) is 28.7 Å². The molecule has 0 saturated carbocycles. The molecule has 5 nitrogen and oxygen atoms in total. The fraction of sp³-hybridized carbons (Fsp3) is 0.450. The van der Waals surface area contributed by atoms with Crippen molar-refractivity contribution in [2.75, 3.05) is 0 Å². The SMILES string of the molecule is C/C=C(\C)C(=O)O[C@@H]1CC(C)=C2C(=O)C=C(C)[C@@H]2[C@H]2OC(=O)C(C)=C12. The predicted molar refractivity (Wildman–Crippen MR) is 91.5 cm³/mol. The van der Waals surface area contributed by atoms with Gasteiger partial charge in [-0.3, -0.25) is 4.79 Å². The lowest BCUT2D eigenvalue weighted by Crippen LogP contribution is -2.30. The summed E-state index contributed by atoms with van der Waals surface area (Å²) < 4.78 is 11.3. The van der Waals surface area contributed by atoms with Crippen LogP contribution < -0.4 is 0 Å². The van der Waals surface area contributed by atoms with E-state index in [9.17, 15) is 14.4 Å². The molecule has 0 radical (unpaired) electrons. The first-order chi connectivity index (χ1) is 11.8. The maximum absolute atomic E-state index is 12.4. The first-order valence-electron chi connectivity index (χ1n) is 8.44. The van der Waals surface area contributed by atoms with Gasteiger partial charge in [0.1, 0.15) is 12.2 Å². The molecule has 25 heavy (non-hydrogen) atoms. The third-order valence-corrected chi connectivity index (χ3v) is 5.31. The molecule has 132 valence electrons. The first kappa shape index (κ1) is 17.4. The van der Waals surface area contributed by atoms with Gasteiger partial charge < -0.3 is 9.47 Å². The number of hydrogen-bond acceptors (Lipinski definition) is 5. The van der Waals surface area contributed by atoms with Crippen LogP contribution in [0.5, 0.6) is 0 Å². The number of ether oxygens (including phenoxy) is 2. The van der Waals surface area contributed by atoms with Crippen molar-refractivity contribution in [1.82, 2.24) is 0 Å². The smallest absolute Gasteiger partial charge is 0.334 e. The molecule has 3 rings (SSSR count). The Hall–Kier alpha value is -2.43. The van der Waals surface area contributed by atoms with Crippen LogP contribution in [0.2, 0.25) is 0 Å². The zero-order chi connectivity index (χ0) is 18.5. The molecule has 0 fully saturated rings. The quantitative estimate of drug-likeness (QED) is 0.570. The molecule has 0 aromatic heterocycles. The fourth-order valence-electron chi connectivity index (χ4n) is 3.84. The standard InChI is InChI=1S/C20H22O5/c1-6-9(2)19(22)24-14-8-11(4)15-13(21)7-10(3)16(15)18-17(14)12(5)20(23)25-18/h6-7,14,16,18H,8H2,1-5H3/b9-6+/t14-,16+,18-/m1/s1. The van der Waals surface area contributed by atoms with Crippen LogP contribution in [0.3, 0.4) is 0 Å². The minimum absolute atomic E-state index is 0.0448. The summed E-state index contributed by atoms with van der Waals surface area (Å²) in [5.74, 6) is -1.16. The van der Waals surface area contributed by atoms with E-state index in [-0.39, 0.29) is 11.7 Å². The van der Waals surface area contributed by atoms with E-state index < -0.39 is 24.1 Å². The van der Waals surface area contributed by atoms with E-state index in [0.717, 1.165) is 11.1 Å². The molecule has 0 aromatic rings. The second kappa shape index (κ2) is 6.14. The van der Waals surface area contributed by atoms with Gasteiger partial charge in [-0.15, -0.1) is 0 Å². The molecule has 0 unspecified atom stereocenters. The number of carbonyl (C=O) groups is 3. The number of fused-ring (bicyclic) bond motifs is 3. The summed E-state index contributed by atoms with van der Waals surface area (Å²) in [6, 6.07) is 0. The van der Waals surface area contributed by atoms with Gasteiger partial charge in [0, 0.05) is 28.7 Å². The second-order valence-corrected chi connectivity index (χ2v) is 6.90. The molecule has 0 aromatic carbocycles. The van der Waals surface area contributed by atoms with Gasteiger partial charge in [0.25, 0.3) is 0 Å². The fourth-order valence-corrected chi connectivity index (χ4v) is 3.84. The molecule has 5 heteroatoms. The molecule has 0 spiro atoms. The van der Waals surface area contributed by atoms with Crippen LogP contribution in [0, 0.1) is 5.92 Å². The lowest BCUT2D eigenvalue weighted by Gasteiger charge is -2.25. The highest BCUT2D eigenvalue weighted by atomic mass is 16.6. The van der Waals surface area contributed by atoms with Crippen LogP contribution in [0.25, 0.3) is 0 Å². The summed E-state index contributed by atoms with van der Waals surface area (Å²) >= 11 is 0. The molecule has 0 bridgehead atoms. The van der Waals surface area contributed by atoms with Crippen molar-refractivity contribution < 1.29 is 23.9 Å². The van der Waals surface area contributed by atoms with Crippen molar-refractivity contribution in [3.63, 3.8) is 0 Å². The molecule has 1 heterocycles. The van der Waals surface area contributed by atoms with Crippen LogP contribution >= 0.6 is 0 Å². The van der Waals surface area contributed by atoms with Gasteiger partial charge in [-0.25, -0.2) is 9.59 Å². The third-order valence-electron chi connectivity index (χ3n) is 5.31. The number of allylic oxidation sites excluding steroid dienone is 2. The molecular weight excluding hydrogens is 320 g/mol. The highest BCUT2D eigenvalue weighted by Crippen LogP contribution is 2.46. The van der Waals surface area contributed by atoms with Gasteiger partial charge in [-0.1, -0.05) is 17.2 Å². The Morgan fingerprint density at radius 1 is 1.28 bits per heavy atom. The van der Waals surface area contributed by atoms with Crippen molar-refractivity contribution in [3.05, 3.63) is 45.6 Å². The number of rotatable bonds is 2. The van der Waals surface area contributed by atoms with E-state index in [1.165, 1.54) is 0 Å². The van der Waals surface area contributed by atoms with Gasteiger partial charge >= 0.3 is 11.9 Å². The van der Waals surface area contributed by atoms with E-state index in [2.05, 4.69) is 0 Å².